The highest BCUT2D eigenvalue weighted by molar-refractivity contribution is 7.90. The monoisotopic (exact) mass is 479 g/mol. The van der Waals surface area contributed by atoms with Crippen LogP contribution in [0.5, 0.6) is 5.88 Å². The van der Waals surface area contributed by atoms with Crippen molar-refractivity contribution < 1.29 is 17.9 Å². The van der Waals surface area contributed by atoms with Crippen LogP contribution in [0.15, 0.2) is 47.5 Å². The number of fused-ring (bicyclic) bond motifs is 1. The molecule has 0 unspecified atom stereocenters. The number of rotatable bonds is 8. The first kappa shape index (κ1) is 22.8. The van der Waals surface area contributed by atoms with Crippen molar-refractivity contribution in [2.24, 2.45) is 5.92 Å². The Balaban J connectivity index is 1.48. The number of sulfonamides is 1. The van der Waals surface area contributed by atoms with Crippen molar-refractivity contribution in [3.8, 4) is 5.88 Å². The molecule has 0 atom stereocenters. The number of nitrogens with one attached hydrogen (secondary N) is 1. The second-order valence-electron chi connectivity index (χ2n) is 9.89. The molecule has 7 nitrogen and oxygen atoms in total. The summed E-state index contributed by atoms with van der Waals surface area (Å²) in [5, 5.41) is 0.483. The van der Waals surface area contributed by atoms with Crippen molar-refractivity contribution in [1.29, 1.82) is 0 Å². The molecule has 2 aliphatic rings. The molecular weight excluding hydrogens is 450 g/mol. The number of hydrogen-bond donors (Lipinski definition) is 1. The smallest absolute Gasteiger partial charge is 0.264 e. The number of carbonyl (C=O) groups is 1. The number of benzene rings is 1. The number of ether oxygens (including phenoxy) is 1. The van der Waals surface area contributed by atoms with Crippen LogP contribution >= 0.6 is 0 Å². The van der Waals surface area contributed by atoms with Gasteiger partial charge in [-0.2, -0.15) is 0 Å². The van der Waals surface area contributed by atoms with E-state index in [1.54, 1.807) is 24.3 Å². The molecule has 0 aliphatic heterocycles. The third-order valence-electron chi connectivity index (χ3n) is 6.52. The predicted molar refractivity (Wildman–Crippen MR) is 129 cm³/mol. The first-order valence-corrected chi connectivity index (χ1v) is 13.2. The van der Waals surface area contributed by atoms with Crippen LogP contribution in [0, 0.1) is 12.8 Å². The Morgan fingerprint density at radius 2 is 1.97 bits per heavy atom. The number of amides is 1. The Morgan fingerprint density at radius 3 is 2.65 bits per heavy atom. The first-order valence-electron chi connectivity index (χ1n) is 11.8. The number of aryl methyl sites for hydroxylation is 1. The molecule has 2 aliphatic carbocycles. The third kappa shape index (κ3) is 4.27. The topological polar surface area (TPSA) is 98.2 Å². The molecule has 8 heteroatoms. The second-order valence-corrected chi connectivity index (χ2v) is 11.5. The Hall–Kier alpha value is -3.00. The highest BCUT2D eigenvalue weighted by Crippen LogP contribution is 2.53. The van der Waals surface area contributed by atoms with Crippen molar-refractivity contribution in [3.05, 3.63) is 59.4 Å². The van der Waals surface area contributed by atoms with E-state index in [-0.39, 0.29) is 4.90 Å². The van der Waals surface area contributed by atoms with E-state index in [4.69, 9.17) is 4.74 Å². The van der Waals surface area contributed by atoms with Gasteiger partial charge in [0.15, 0.2) is 0 Å². The molecule has 0 saturated heterocycles. The fourth-order valence-electron chi connectivity index (χ4n) is 4.29. The maximum atomic E-state index is 13.5. The van der Waals surface area contributed by atoms with Crippen LogP contribution in [0.25, 0.3) is 10.9 Å². The quantitative estimate of drug-likeness (QED) is 0.515. The molecule has 1 N–H and O–H groups in total. The SMILES string of the molecule is Cc1ccc2c(S(=O)(=O)NC(=O)C3(c4cc(C5CC5)cnc4OCC(C)C)CC3)cccc2n1. The van der Waals surface area contributed by atoms with Gasteiger partial charge in [0.25, 0.3) is 10.0 Å². The van der Waals surface area contributed by atoms with E-state index in [1.165, 1.54) is 6.07 Å². The molecule has 0 spiro atoms. The second kappa shape index (κ2) is 8.34. The summed E-state index contributed by atoms with van der Waals surface area (Å²) >= 11 is 0. The van der Waals surface area contributed by atoms with Crippen LogP contribution in [0.4, 0.5) is 0 Å². The fourth-order valence-corrected chi connectivity index (χ4v) is 5.56. The van der Waals surface area contributed by atoms with Gasteiger partial charge in [-0.1, -0.05) is 19.9 Å². The van der Waals surface area contributed by atoms with Crippen LogP contribution in [-0.2, 0) is 20.2 Å². The van der Waals surface area contributed by atoms with E-state index in [0.717, 1.165) is 24.1 Å². The maximum absolute atomic E-state index is 13.5. The van der Waals surface area contributed by atoms with Crippen LogP contribution in [0.3, 0.4) is 0 Å². The summed E-state index contributed by atoms with van der Waals surface area (Å²) in [4.78, 5) is 22.5. The summed E-state index contributed by atoms with van der Waals surface area (Å²) < 4.78 is 35.0. The fraction of sp³-hybridized carbons (Fsp3) is 0.423. The molecule has 2 saturated carbocycles. The highest BCUT2D eigenvalue weighted by atomic mass is 32.2. The van der Waals surface area contributed by atoms with Gasteiger partial charge in [0.2, 0.25) is 11.8 Å². The Morgan fingerprint density at radius 1 is 1.21 bits per heavy atom. The molecule has 2 aromatic heterocycles. The lowest BCUT2D eigenvalue weighted by Gasteiger charge is -2.20. The summed E-state index contributed by atoms with van der Waals surface area (Å²) in [5.74, 6) is 0.645. The van der Waals surface area contributed by atoms with Gasteiger partial charge in [-0.25, -0.2) is 18.1 Å². The van der Waals surface area contributed by atoms with Crippen molar-refractivity contribution in [1.82, 2.24) is 14.7 Å². The van der Waals surface area contributed by atoms with E-state index in [0.29, 0.717) is 53.6 Å². The zero-order chi connectivity index (χ0) is 24.1. The van der Waals surface area contributed by atoms with E-state index >= 15 is 0 Å². The molecule has 1 aromatic carbocycles. The largest absolute Gasteiger partial charge is 0.477 e. The van der Waals surface area contributed by atoms with Gasteiger partial charge in [-0.3, -0.25) is 9.78 Å². The molecule has 178 valence electrons. The van der Waals surface area contributed by atoms with Gasteiger partial charge >= 0.3 is 0 Å². The summed E-state index contributed by atoms with van der Waals surface area (Å²) in [6, 6.07) is 10.4. The normalized spacial score (nSPS) is 17.1. The molecular formula is C26H29N3O4S. The Kier molecular flexibility index (Phi) is 5.59. The Labute approximate surface area is 200 Å². The van der Waals surface area contributed by atoms with Gasteiger partial charge in [0.05, 0.1) is 22.4 Å². The lowest BCUT2D eigenvalue weighted by atomic mass is 9.94. The van der Waals surface area contributed by atoms with E-state index in [2.05, 4.69) is 14.7 Å². The predicted octanol–water partition coefficient (Wildman–Crippen LogP) is 4.39. The summed E-state index contributed by atoms with van der Waals surface area (Å²) in [5.41, 5.74) is 2.20. The van der Waals surface area contributed by atoms with Crippen LogP contribution in [0.2, 0.25) is 0 Å². The highest BCUT2D eigenvalue weighted by Gasteiger charge is 2.54. The zero-order valence-electron chi connectivity index (χ0n) is 19.7. The number of pyridine rings is 2. The molecule has 2 fully saturated rings. The number of nitrogens with zero attached hydrogens (tertiary/aromatic N) is 2. The van der Waals surface area contributed by atoms with E-state index in [9.17, 15) is 13.2 Å². The van der Waals surface area contributed by atoms with Crippen LogP contribution < -0.4 is 9.46 Å². The van der Waals surface area contributed by atoms with Gasteiger partial charge in [0, 0.05) is 22.8 Å². The number of carbonyl (C=O) groups excluding carboxylic acids is 1. The molecule has 34 heavy (non-hydrogen) atoms. The Bertz CT molecular complexity index is 1380. The number of aromatic nitrogens is 2. The number of hydrogen-bond acceptors (Lipinski definition) is 6. The average Bonchev–Trinajstić information content (AvgIpc) is 3.70. The van der Waals surface area contributed by atoms with Crippen molar-refractivity contribution in [2.45, 2.75) is 62.7 Å². The molecule has 1 amide bonds. The summed E-state index contributed by atoms with van der Waals surface area (Å²) in [6.07, 6.45) is 5.15. The minimum Gasteiger partial charge on any atom is -0.477 e. The molecule has 3 aromatic rings. The van der Waals surface area contributed by atoms with E-state index < -0.39 is 21.3 Å². The molecule has 2 heterocycles. The van der Waals surface area contributed by atoms with Gasteiger partial charge in [0.1, 0.15) is 0 Å². The molecule has 0 bridgehead atoms. The van der Waals surface area contributed by atoms with Crippen LogP contribution in [-0.4, -0.2) is 30.9 Å². The standard InChI is InChI=1S/C26H29N3O4S/c1-16(2)15-33-24-21(13-19(14-27-24)18-8-9-18)26(11-12-26)25(30)29-34(31,32)23-6-4-5-22-20(23)10-7-17(3)28-22/h4-7,10,13-14,16,18H,8-9,11-12,15H2,1-3H3,(H,29,30). The lowest BCUT2D eigenvalue weighted by molar-refractivity contribution is -0.121. The van der Waals surface area contributed by atoms with Crippen molar-refractivity contribution in [3.63, 3.8) is 0 Å². The van der Waals surface area contributed by atoms with E-state index in [1.807, 2.05) is 33.0 Å². The lowest BCUT2D eigenvalue weighted by Crippen LogP contribution is -2.39. The minimum absolute atomic E-state index is 0.0442. The average molecular weight is 480 g/mol. The third-order valence-corrected chi connectivity index (χ3v) is 7.91. The summed E-state index contributed by atoms with van der Waals surface area (Å²) in [6.45, 7) is 6.42. The zero-order valence-corrected chi connectivity index (χ0v) is 20.5. The first-order chi connectivity index (χ1) is 16.2. The molecule has 0 radical (unpaired) electrons. The van der Waals surface area contributed by atoms with Crippen molar-refractivity contribution in [2.75, 3.05) is 6.61 Å². The van der Waals surface area contributed by atoms with Crippen LogP contribution in [0.1, 0.15) is 62.3 Å². The molecule has 5 rings (SSSR count). The van der Waals surface area contributed by atoms with Gasteiger partial charge in [-0.05, 0) is 80.3 Å². The maximum Gasteiger partial charge on any atom is 0.264 e. The summed E-state index contributed by atoms with van der Waals surface area (Å²) in [7, 11) is -4.10. The van der Waals surface area contributed by atoms with Crippen molar-refractivity contribution >= 4 is 26.8 Å². The van der Waals surface area contributed by atoms with Gasteiger partial charge in [-0.15, -0.1) is 0 Å². The van der Waals surface area contributed by atoms with Gasteiger partial charge < -0.3 is 4.74 Å². The minimum atomic E-state index is -4.10.